The van der Waals surface area contributed by atoms with E-state index in [9.17, 15) is 4.79 Å². The Morgan fingerprint density at radius 3 is 2.43 bits per heavy atom. The molecule has 0 aliphatic rings. The molecule has 0 radical (unpaired) electrons. The molecule has 0 saturated heterocycles. The maximum Gasteiger partial charge on any atom is 0.248 e. The number of amides is 1. The van der Waals surface area contributed by atoms with Crippen LogP contribution >= 0.6 is 0 Å². The van der Waals surface area contributed by atoms with Crippen molar-refractivity contribution < 1.29 is 4.79 Å². The SMILES string of the molecule is CCN(CC)c1cc(C)c2cc(NC(=O)/C=C/c3ccc(C)cc3)ccc2n1. The maximum atomic E-state index is 12.3. The van der Waals surface area contributed by atoms with Gasteiger partial charge in [-0.25, -0.2) is 4.98 Å². The van der Waals surface area contributed by atoms with Gasteiger partial charge < -0.3 is 10.2 Å². The number of nitrogens with zero attached hydrogens (tertiary/aromatic N) is 2. The summed E-state index contributed by atoms with van der Waals surface area (Å²) in [6.45, 7) is 10.2. The van der Waals surface area contributed by atoms with Crippen LogP contribution in [0.5, 0.6) is 0 Å². The molecule has 1 amide bonds. The molecule has 0 aliphatic heterocycles. The Balaban J connectivity index is 1.78. The van der Waals surface area contributed by atoms with Gasteiger partial charge in [0.25, 0.3) is 0 Å². The van der Waals surface area contributed by atoms with Crippen molar-refractivity contribution in [2.24, 2.45) is 0 Å². The number of rotatable bonds is 6. The van der Waals surface area contributed by atoms with Crippen molar-refractivity contribution in [2.45, 2.75) is 27.7 Å². The zero-order chi connectivity index (χ0) is 20.1. The van der Waals surface area contributed by atoms with E-state index in [1.54, 1.807) is 6.08 Å². The smallest absolute Gasteiger partial charge is 0.248 e. The Hall–Kier alpha value is -3.14. The Labute approximate surface area is 166 Å². The van der Waals surface area contributed by atoms with E-state index < -0.39 is 0 Å². The third-order valence-electron chi connectivity index (χ3n) is 4.86. The van der Waals surface area contributed by atoms with Gasteiger partial charge in [0.2, 0.25) is 5.91 Å². The van der Waals surface area contributed by atoms with E-state index in [-0.39, 0.29) is 5.91 Å². The van der Waals surface area contributed by atoms with E-state index >= 15 is 0 Å². The Morgan fingerprint density at radius 1 is 1.04 bits per heavy atom. The lowest BCUT2D eigenvalue weighted by atomic mass is 10.1. The molecule has 1 N–H and O–H groups in total. The number of benzene rings is 2. The molecule has 144 valence electrons. The van der Waals surface area contributed by atoms with E-state index in [1.807, 2.05) is 55.5 Å². The molecule has 1 heterocycles. The van der Waals surface area contributed by atoms with Gasteiger partial charge >= 0.3 is 0 Å². The second-order valence-corrected chi connectivity index (χ2v) is 6.93. The average Bonchev–Trinajstić information content (AvgIpc) is 2.69. The molecule has 0 spiro atoms. The third-order valence-corrected chi connectivity index (χ3v) is 4.86. The summed E-state index contributed by atoms with van der Waals surface area (Å²) in [6, 6.07) is 16.0. The lowest BCUT2D eigenvalue weighted by molar-refractivity contribution is -0.111. The highest BCUT2D eigenvalue weighted by Crippen LogP contribution is 2.25. The first-order valence-electron chi connectivity index (χ1n) is 9.72. The minimum absolute atomic E-state index is 0.148. The van der Waals surface area contributed by atoms with Gasteiger partial charge in [-0.1, -0.05) is 29.8 Å². The molecule has 28 heavy (non-hydrogen) atoms. The normalized spacial score (nSPS) is 11.1. The number of fused-ring (bicyclic) bond motifs is 1. The number of hydrogen-bond acceptors (Lipinski definition) is 3. The number of aryl methyl sites for hydroxylation is 2. The molecular formula is C24H27N3O. The van der Waals surface area contributed by atoms with E-state index in [4.69, 9.17) is 4.98 Å². The fourth-order valence-corrected chi connectivity index (χ4v) is 3.20. The molecule has 3 aromatic rings. The van der Waals surface area contributed by atoms with Gasteiger partial charge in [-0.3, -0.25) is 4.79 Å². The molecular weight excluding hydrogens is 346 g/mol. The van der Waals surface area contributed by atoms with Crippen LogP contribution in [0.25, 0.3) is 17.0 Å². The predicted molar refractivity (Wildman–Crippen MR) is 119 cm³/mol. The topological polar surface area (TPSA) is 45.2 Å². The second-order valence-electron chi connectivity index (χ2n) is 6.93. The van der Waals surface area contributed by atoms with Crippen LogP contribution in [-0.4, -0.2) is 24.0 Å². The Kier molecular flexibility index (Phi) is 6.09. The summed E-state index contributed by atoms with van der Waals surface area (Å²) in [7, 11) is 0. The first-order valence-corrected chi connectivity index (χ1v) is 9.72. The van der Waals surface area contributed by atoms with Crippen molar-refractivity contribution in [3.8, 4) is 0 Å². The number of carbonyl (C=O) groups is 1. The van der Waals surface area contributed by atoms with Crippen molar-refractivity contribution in [2.75, 3.05) is 23.3 Å². The molecule has 0 unspecified atom stereocenters. The van der Waals surface area contributed by atoms with E-state index in [1.165, 1.54) is 5.56 Å². The van der Waals surface area contributed by atoms with Crippen molar-refractivity contribution in [1.82, 2.24) is 4.98 Å². The zero-order valence-corrected chi connectivity index (χ0v) is 17.0. The molecule has 0 saturated carbocycles. The molecule has 4 nitrogen and oxygen atoms in total. The summed E-state index contributed by atoms with van der Waals surface area (Å²) in [5.41, 5.74) is 5.06. The predicted octanol–water partition coefficient (Wildman–Crippen LogP) is 5.35. The number of aromatic nitrogens is 1. The summed E-state index contributed by atoms with van der Waals surface area (Å²) < 4.78 is 0. The van der Waals surface area contributed by atoms with Crippen LogP contribution in [-0.2, 0) is 4.79 Å². The zero-order valence-electron chi connectivity index (χ0n) is 17.0. The minimum Gasteiger partial charge on any atom is -0.357 e. The van der Waals surface area contributed by atoms with Crippen molar-refractivity contribution in [3.05, 3.63) is 71.3 Å². The van der Waals surface area contributed by atoms with Crippen molar-refractivity contribution in [1.29, 1.82) is 0 Å². The number of hydrogen-bond donors (Lipinski definition) is 1. The van der Waals surface area contributed by atoms with Crippen LogP contribution in [0.3, 0.4) is 0 Å². The lowest BCUT2D eigenvalue weighted by Gasteiger charge is -2.21. The summed E-state index contributed by atoms with van der Waals surface area (Å²) >= 11 is 0. The van der Waals surface area contributed by atoms with Gasteiger partial charge in [-0.15, -0.1) is 0 Å². The van der Waals surface area contributed by atoms with Crippen LogP contribution < -0.4 is 10.2 Å². The number of anilines is 2. The first-order chi connectivity index (χ1) is 13.5. The molecule has 1 aromatic heterocycles. The molecule has 4 heteroatoms. The number of pyridine rings is 1. The summed E-state index contributed by atoms with van der Waals surface area (Å²) in [5.74, 6) is 0.845. The molecule has 2 aromatic carbocycles. The highest BCUT2D eigenvalue weighted by atomic mass is 16.1. The standard InChI is InChI=1S/C24H27N3O/c1-5-27(6-2)23-15-18(4)21-16-20(12-13-22(21)26-23)25-24(28)14-11-19-9-7-17(3)8-10-19/h7-16H,5-6H2,1-4H3,(H,25,28)/b14-11+. The maximum absolute atomic E-state index is 12.3. The van der Waals surface area contributed by atoms with Crippen LogP contribution in [0, 0.1) is 13.8 Å². The van der Waals surface area contributed by atoms with Gasteiger partial charge in [0, 0.05) is 30.2 Å². The minimum atomic E-state index is -0.148. The summed E-state index contributed by atoms with van der Waals surface area (Å²) in [4.78, 5) is 19.3. The second kappa shape index (κ2) is 8.70. The average molecular weight is 374 g/mol. The molecule has 0 fully saturated rings. The number of nitrogens with one attached hydrogen (secondary N) is 1. The van der Waals surface area contributed by atoms with E-state index in [0.717, 1.165) is 46.6 Å². The third kappa shape index (κ3) is 4.58. The van der Waals surface area contributed by atoms with Crippen molar-refractivity contribution in [3.63, 3.8) is 0 Å². The van der Waals surface area contributed by atoms with Crippen molar-refractivity contribution >= 4 is 34.4 Å². The first kappa shape index (κ1) is 19.6. The summed E-state index contributed by atoms with van der Waals surface area (Å²) in [6.07, 6.45) is 3.38. The molecule has 0 bridgehead atoms. The highest BCUT2D eigenvalue weighted by molar-refractivity contribution is 6.03. The molecule has 3 rings (SSSR count). The van der Waals surface area contributed by atoms with Crippen LogP contribution in [0.1, 0.15) is 30.5 Å². The quantitative estimate of drug-likeness (QED) is 0.593. The van der Waals surface area contributed by atoms with E-state index in [0.29, 0.717) is 0 Å². The largest absolute Gasteiger partial charge is 0.357 e. The fraction of sp³-hybridized carbons (Fsp3) is 0.250. The lowest BCUT2D eigenvalue weighted by Crippen LogP contribution is -2.23. The number of carbonyl (C=O) groups excluding carboxylic acids is 1. The van der Waals surface area contributed by atoms with Gasteiger partial charge in [0.1, 0.15) is 5.82 Å². The Bertz CT molecular complexity index is 1000. The van der Waals surface area contributed by atoms with Crippen LogP contribution in [0.15, 0.2) is 54.6 Å². The van der Waals surface area contributed by atoms with E-state index in [2.05, 4.69) is 37.1 Å². The van der Waals surface area contributed by atoms with Gasteiger partial charge in [-0.05, 0) is 69.2 Å². The highest BCUT2D eigenvalue weighted by Gasteiger charge is 2.09. The Morgan fingerprint density at radius 2 is 1.75 bits per heavy atom. The van der Waals surface area contributed by atoms with Crippen LogP contribution in [0.2, 0.25) is 0 Å². The summed E-state index contributed by atoms with van der Waals surface area (Å²) in [5, 5.41) is 3.99. The monoisotopic (exact) mass is 373 g/mol. The molecule has 0 atom stereocenters. The molecule has 0 aliphatic carbocycles. The van der Waals surface area contributed by atoms with Crippen LogP contribution in [0.4, 0.5) is 11.5 Å². The fourth-order valence-electron chi connectivity index (χ4n) is 3.20. The van der Waals surface area contributed by atoms with Gasteiger partial charge in [0.05, 0.1) is 5.52 Å². The van der Waals surface area contributed by atoms with Gasteiger partial charge in [-0.2, -0.15) is 0 Å². The van der Waals surface area contributed by atoms with Gasteiger partial charge in [0.15, 0.2) is 0 Å².